The first-order valence-corrected chi connectivity index (χ1v) is 6.60. The van der Waals surface area contributed by atoms with Crippen molar-refractivity contribution in [2.45, 2.75) is 45.7 Å². The van der Waals surface area contributed by atoms with Crippen LogP contribution in [0.5, 0.6) is 0 Å². The number of nitrogens with one attached hydrogen (secondary N) is 1. The first-order chi connectivity index (χ1) is 9.09. The van der Waals surface area contributed by atoms with Gasteiger partial charge in [0.05, 0.1) is 17.2 Å². The molecule has 2 rings (SSSR count). The highest BCUT2D eigenvalue weighted by Crippen LogP contribution is 2.44. The molecule has 1 N–H and O–H groups in total. The van der Waals surface area contributed by atoms with E-state index in [9.17, 15) is 18.0 Å². The molecule has 0 aliphatic carbocycles. The molecule has 1 aromatic carbocycles. The van der Waals surface area contributed by atoms with Gasteiger partial charge in [-0.1, -0.05) is 32.9 Å². The molecule has 1 aromatic rings. The first-order valence-electron chi connectivity index (χ1n) is 6.60. The number of rotatable bonds is 2. The van der Waals surface area contributed by atoms with Crippen molar-refractivity contribution in [2.24, 2.45) is 5.41 Å². The molecule has 110 valence electrons. The van der Waals surface area contributed by atoms with Gasteiger partial charge in [0, 0.05) is 0 Å². The maximum Gasteiger partial charge on any atom is 0.418 e. The Kier molecular flexibility index (Phi) is 3.56. The Hall–Kier alpha value is -1.52. The van der Waals surface area contributed by atoms with Gasteiger partial charge >= 0.3 is 6.18 Å². The Bertz CT molecular complexity index is 529. The highest BCUT2D eigenvalue weighted by atomic mass is 19.4. The van der Waals surface area contributed by atoms with Crippen molar-refractivity contribution in [1.29, 1.82) is 0 Å². The minimum absolute atomic E-state index is 0.0463. The first kappa shape index (κ1) is 14.9. The third-order valence-electron chi connectivity index (χ3n) is 3.53. The molecule has 1 aliphatic rings. The van der Waals surface area contributed by atoms with Crippen LogP contribution >= 0.6 is 0 Å². The number of fused-ring (bicyclic) bond motifs is 1. The number of carbonyl (C=O) groups is 1. The van der Waals surface area contributed by atoms with E-state index in [1.165, 1.54) is 6.07 Å². The predicted molar refractivity (Wildman–Crippen MR) is 71.5 cm³/mol. The van der Waals surface area contributed by atoms with Crippen LogP contribution in [0.25, 0.3) is 0 Å². The van der Waals surface area contributed by atoms with Crippen LogP contribution in [0, 0.1) is 5.41 Å². The van der Waals surface area contributed by atoms with Gasteiger partial charge in [-0.05, 0) is 29.9 Å². The van der Waals surface area contributed by atoms with Crippen LogP contribution in [0.3, 0.4) is 0 Å². The fourth-order valence-corrected chi connectivity index (χ4v) is 2.45. The minimum Gasteiger partial charge on any atom is -0.325 e. The summed E-state index contributed by atoms with van der Waals surface area (Å²) in [5, 5.41) is 2.40. The smallest absolute Gasteiger partial charge is 0.325 e. The molecule has 0 bridgehead atoms. The topological polar surface area (TPSA) is 29.1 Å². The average Bonchev–Trinajstić information content (AvgIpc) is 2.59. The molecule has 0 saturated carbocycles. The molecule has 0 fully saturated rings. The standard InChI is InChI=1S/C15H18F3NO/c1-14(2,3)8-7-10-9-5-4-6-11(15(16,17)18)12(9)19-13(10)20/h4-6,10H,7-8H2,1-3H3,(H,19,20). The number of para-hydroxylation sites is 1. The van der Waals surface area contributed by atoms with Gasteiger partial charge in [-0.25, -0.2) is 0 Å². The van der Waals surface area contributed by atoms with Crippen molar-refractivity contribution in [2.75, 3.05) is 5.32 Å². The number of anilines is 1. The van der Waals surface area contributed by atoms with E-state index >= 15 is 0 Å². The fourth-order valence-electron chi connectivity index (χ4n) is 2.45. The Labute approximate surface area is 116 Å². The van der Waals surface area contributed by atoms with Gasteiger partial charge in [0.2, 0.25) is 5.91 Å². The van der Waals surface area contributed by atoms with Crippen molar-refractivity contribution in [3.63, 3.8) is 0 Å². The number of hydrogen-bond donors (Lipinski definition) is 1. The molecule has 0 spiro atoms. The van der Waals surface area contributed by atoms with E-state index in [0.29, 0.717) is 12.0 Å². The van der Waals surface area contributed by atoms with Gasteiger partial charge in [0.15, 0.2) is 0 Å². The van der Waals surface area contributed by atoms with Gasteiger partial charge in [0.1, 0.15) is 0 Å². The Morgan fingerprint density at radius 3 is 2.40 bits per heavy atom. The second kappa shape index (κ2) is 4.79. The fraction of sp³-hybridized carbons (Fsp3) is 0.533. The van der Waals surface area contributed by atoms with Gasteiger partial charge in [0.25, 0.3) is 0 Å². The summed E-state index contributed by atoms with van der Waals surface area (Å²) in [5.41, 5.74) is -0.315. The maximum atomic E-state index is 12.9. The average molecular weight is 285 g/mol. The molecule has 1 aliphatic heterocycles. The lowest BCUT2D eigenvalue weighted by molar-refractivity contribution is -0.136. The van der Waals surface area contributed by atoms with E-state index in [4.69, 9.17) is 0 Å². The summed E-state index contributed by atoms with van der Waals surface area (Å²) in [7, 11) is 0. The number of halogens is 3. The van der Waals surface area contributed by atoms with Crippen LogP contribution in [0.15, 0.2) is 18.2 Å². The Morgan fingerprint density at radius 1 is 1.20 bits per heavy atom. The zero-order valence-electron chi connectivity index (χ0n) is 11.8. The second-order valence-corrected chi connectivity index (χ2v) is 6.41. The SMILES string of the molecule is CC(C)(C)CCC1C(=O)Nc2c1cccc2C(F)(F)F. The monoisotopic (exact) mass is 285 g/mol. The number of hydrogen-bond acceptors (Lipinski definition) is 1. The number of alkyl halides is 3. The van der Waals surface area contributed by atoms with E-state index in [2.05, 4.69) is 5.32 Å². The largest absolute Gasteiger partial charge is 0.418 e. The number of benzene rings is 1. The van der Waals surface area contributed by atoms with Crippen LogP contribution in [-0.2, 0) is 11.0 Å². The number of amides is 1. The second-order valence-electron chi connectivity index (χ2n) is 6.41. The van der Waals surface area contributed by atoms with E-state index in [0.717, 1.165) is 12.5 Å². The highest BCUT2D eigenvalue weighted by Gasteiger charge is 2.40. The quantitative estimate of drug-likeness (QED) is 0.847. The molecule has 1 atom stereocenters. The molecule has 20 heavy (non-hydrogen) atoms. The van der Waals surface area contributed by atoms with E-state index in [1.807, 2.05) is 20.8 Å². The molecule has 0 saturated heterocycles. The molecule has 5 heteroatoms. The summed E-state index contributed by atoms with van der Waals surface area (Å²) >= 11 is 0. The van der Waals surface area contributed by atoms with Crippen molar-refractivity contribution in [1.82, 2.24) is 0 Å². The van der Waals surface area contributed by atoms with Crippen molar-refractivity contribution in [3.05, 3.63) is 29.3 Å². The molecule has 1 unspecified atom stereocenters. The summed E-state index contributed by atoms with van der Waals surface area (Å²) in [6, 6.07) is 3.98. The Balaban J connectivity index is 2.32. The van der Waals surface area contributed by atoms with Gasteiger partial charge in [-0.15, -0.1) is 0 Å². The van der Waals surface area contributed by atoms with Gasteiger partial charge in [-0.3, -0.25) is 4.79 Å². The third-order valence-corrected chi connectivity index (χ3v) is 3.53. The lowest BCUT2D eigenvalue weighted by atomic mass is 9.84. The zero-order valence-corrected chi connectivity index (χ0v) is 11.8. The highest BCUT2D eigenvalue weighted by molar-refractivity contribution is 6.03. The molecule has 1 heterocycles. The summed E-state index contributed by atoms with van der Waals surface area (Å²) in [6.45, 7) is 6.15. The van der Waals surface area contributed by atoms with Crippen molar-refractivity contribution in [3.8, 4) is 0 Å². The van der Waals surface area contributed by atoms with E-state index < -0.39 is 17.7 Å². The normalized spacial score (nSPS) is 18.9. The molecule has 0 aromatic heterocycles. The van der Waals surface area contributed by atoms with Crippen LogP contribution in [0.2, 0.25) is 0 Å². The lowest BCUT2D eigenvalue weighted by Gasteiger charge is -2.20. The van der Waals surface area contributed by atoms with E-state index in [-0.39, 0.29) is 17.0 Å². The summed E-state index contributed by atoms with van der Waals surface area (Å²) in [6.07, 6.45) is -3.11. The minimum atomic E-state index is -4.45. The molecular weight excluding hydrogens is 267 g/mol. The third kappa shape index (κ3) is 2.97. The zero-order chi connectivity index (χ0) is 15.1. The van der Waals surface area contributed by atoms with Crippen molar-refractivity contribution < 1.29 is 18.0 Å². The van der Waals surface area contributed by atoms with Gasteiger partial charge < -0.3 is 5.32 Å². The van der Waals surface area contributed by atoms with Crippen molar-refractivity contribution >= 4 is 11.6 Å². The van der Waals surface area contributed by atoms with Crippen LogP contribution in [0.1, 0.15) is 50.7 Å². The van der Waals surface area contributed by atoms with Crippen LogP contribution < -0.4 is 5.32 Å². The summed E-state index contributed by atoms with van der Waals surface area (Å²) in [4.78, 5) is 11.9. The van der Waals surface area contributed by atoms with Crippen LogP contribution in [-0.4, -0.2) is 5.91 Å². The summed E-state index contributed by atoms with van der Waals surface area (Å²) in [5.74, 6) is -0.813. The molecule has 2 nitrogen and oxygen atoms in total. The van der Waals surface area contributed by atoms with Crippen LogP contribution in [0.4, 0.5) is 18.9 Å². The maximum absolute atomic E-state index is 12.9. The van der Waals surface area contributed by atoms with Gasteiger partial charge in [-0.2, -0.15) is 13.2 Å². The molecule has 0 radical (unpaired) electrons. The summed E-state index contributed by atoms with van der Waals surface area (Å²) < 4.78 is 38.8. The molecular formula is C15H18F3NO. The lowest BCUT2D eigenvalue weighted by Crippen LogP contribution is -2.15. The predicted octanol–water partition coefficient (Wildman–Crippen LogP) is 4.57. The van der Waals surface area contributed by atoms with E-state index in [1.54, 1.807) is 6.07 Å². The Morgan fingerprint density at radius 2 is 1.85 bits per heavy atom. The number of carbonyl (C=O) groups excluding carboxylic acids is 1. The molecule has 1 amide bonds.